The topological polar surface area (TPSA) is 0 Å². The lowest BCUT2D eigenvalue weighted by Gasteiger charge is -2.20. The van der Waals surface area contributed by atoms with Gasteiger partial charge in [-0.2, -0.15) is 0 Å². The van der Waals surface area contributed by atoms with E-state index >= 15 is 0 Å². The number of hydrogen-bond donors (Lipinski definition) is 0. The second-order valence-electron chi connectivity index (χ2n) is 4.73. The summed E-state index contributed by atoms with van der Waals surface area (Å²) in [7, 11) is 0. The highest BCUT2D eigenvalue weighted by Crippen LogP contribution is 2.26. The molecule has 0 aromatic heterocycles. The summed E-state index contributed by atoms with van der Waals surface area (Å²) in [6.07, 6.45) is 5.11. The van der Waals surface area contributed by atoms with Crippen molar-refractivity contribution < 1.29 is 0 Å². The van der Waals surface area contributed by atoms with Gasteiger partial charge in [0.15, 0.2) is 0 Å². The Balaban J connectivity index is 2.61. The zero-order chi connectivity index (χ0) is 12.7. The van der Waals surface area contributed by atoms with Crippen LogP contribution in [0.4, 0.5) is 0 Å². The molecular weight excluding hydrogens is 340 g/mol. The van der Waals surface area contributed by atoms with Crippen molar-refractivity contribution in [1.82, 2.24) is 0 Å². The van der Waals surface area contributed by atoms with E-state index in [1.165, 1.54) is 35.7 Å². The minimum atomic E-state index is 0.749. The van der Waals surface area contributed by atoms with Crippen LogP contribution in [-0.2, 0) is 6.42 Å². The first-order valence-electron chi connectivity index (χ1n) is 6.50. The van der Waals surface area contributed by atoms with E-state index < -0.39 is 0 Å². The van der Waals surface area contributed by atoms with Gasteiger partial charge in [-0.15, -0.1) is 0 Å². The molecule has 0 saturated heterocycles. The third kappa shape index (κ3) is 5.13. The molecule has 0 aliphatic heterocycles. The van der Waals surface area contributed by atoms with Crippen molar-refractivity contribution >= 4 is 31.9 Å². The van der Waals surface area contributed by atoms with Crippen molar-refractivity contribution in [2.24, 2.45) is 11.8 Å². The maximum atomic E-state index is 3.67. The highest BCUT2D eigenvalue weighted by Gasteiger charge is 2.14. The van der Waals surface area contributed by atoms with Crippen LogP contribution < -0.4 is 0 Å². The van der Waals surface area contributed by atoms with Crippen molar-refractivity contribution in [3.8, 4) is 0 Å². The molecule has 1 atom stereocenters. The molecule has 0 aliphatic rings. The first-order chi connectivity index (χ1) is 8.21. The summed E-state index contributed by atoms with van der Waals surface area (Å²) in [6, 6.07) is 8.57. The first-order valence-corrected chi connectivity index (χ1v) is 8.42. The van der Waals surface area contributed by atoms with Crippen LogP contribution in [0.25, 0.3) is 0 Å². The number of alkyl halides is 1. The molecule has 0 fully saturated rings. The standard InChI is InChI=1S/C15H22Br2/c1-3-12(4-2)9-13(11-16)10-14-7-5-6-8-15(14)17/h5-8,12-13H,3-4,9-11H2,1-2H3. The van der Waals surface area contributed by atoms with Gasteiger partial charge in [0.1, 0.15) is 0 Å². The zero-order valence-corrected chi connectivity index (χ0v) is 13.9. The average molecular weight is 362 g/mol. The summed E-state index contributed by atoms with van der Waals surface area (Å²) in [6.45, 7) is 4.61. The molecular formula is C15H22Br2. The number of halogens is 2. The summed E-state index contributed by atoms with van der Waals surface area (Å²) in [5.74, 6) is 1.62. The van der Waals surface area contributed by atoms with E-state index in [0.717, 1.165) is 17.2 Å². The molecule has 1 aromatic carbocycles. The molecule has 17 heavy (non-hydrogen) atoms. The van der Waals surface area contributed by atoms with E-state index in [2.05, 4.69) is 70.0 Å². The molecule has 1 unspecified atom stereocenters. The molecule has 0 spiro atoms. The van der Waals surface area contributed by atoms with Crippen molar-refractivity contribution in [2.45, 2.75) is 39.5 Å². The van der Waals surface area contributed by atoms with Crippen molar-refractivity contribution in [3.05, 3.63) is 34.3 Å². The smallest absolute Gasteiger partial charge is 0.0207 e. The molecule has 0 bridgehead atoms. The molecule has 1 aromatic rings. The molecule has 2 heteroatoms. The minimum Gasteiger partial charge on any atom is -0.0925 e. The second kappa shape index (κ2) is 8.31. The number of hydrogen-bond acceptors (Lipinski definition) is 0. The van der Waals surface area contributed by atoms with Gasteiger partial charge in [0.2, 0.25) is 0 Å². The van der Waals surface area contributed by atoms with E-state index in [9.17, 15) is 0 Å². The fraction of sp³-hybridized carbons (Fsp3) is 0.600. The summed E-state index contributed by atoms with van der Waals surface area (Å²) < 4.78 is 1.25. The van der Waals surface area contributed by atoms with Gasteiger partial charge in [0, 0.05) is 9.80 Å². The zero-order valence-electron chi connectivity index (χ0n) is 10.8. The van der Waals surface area contributed by atoms with Crippen LogP contribution in [0.2, 0.25) is 0 Å². The van der Waals surface area contributed by atoms with Gasteiger partial charge >= 0.3 is 0 Å². The Morgan fingerprint density at radius 2 is 1.71 bits per heavy atom. The average Bonchev–Trinajstić information content (AvgIpc) is 2.36. The molecule has 0 aliphatic carbocycles. The highest BCUT2D eigenvalue weighted by atomic mass is 79.9. The molecule has 0 radical (unpaired) electrons. The van der Waals surface area contributed by atoms with E-state index in [1.807, 2.05) is 0 Å². The van der Waals surface area contributed by atoms with Crippen LogP contribution in [0, 0.1) is 11.8 Å². The Morgan fingerprint density at radius 1 is 1.06 bits per heavy atom. The van der Waals surface area contributed by atoms with Gasteiger partial charge in [-0.3, -0.25) is 0 Å². The quantitative estimate of drug-likeness (QED) is 0.536. The lowest BCUT2D eigenvalue weighted by Crippen LogP contribution is -2.12. The largest absolute Gasteiger partial charge is 0.0925 e. The lowest BCUT2D eigenvalue weighted by atomic mass is 9.88. The Morgan fingerprint density at radius 3 is 2.24 bits per heavy atom. The van der Waals surface area contributed by atoms with E-state index in [0.29, 0.717) is 0 Å². The summed E-state index contributed by atoms with van der Waals surface area (Å²) in [5, 5.41) is 1.10. The van der Waals surface area contributed by atoms with Crippen LogP contribution in [0.5, 0.6) is 0 Å². The van der Waals surface area contributed by atoms with Crippen LogP contribution in [0.3, 0.4) is 0 Å². The van der Waals surface area contributed by atoms with Crippen LogP contribution in [0.1, 0.15) is 38.7 Å². The van der Waals surface area contributed by atoms with Crippen LogP contribution in [0.15, 0.2) is 28.7 Å². The highest BCUT2D eigenvalue weighted by molar-refractivity contribution is 9.10. The minimum absolute atomic E-state index is 0.749. The van der Waals surface area contributed by atoms with Crippen LogP contribution >= 0.6 is 31.9 Å². The van der Waals surface area contributed by atoms with Gasteiger partial charge < -0.3 is 0 Å². The van der Waals surface area contributed by atoms with Crippen LogP contribution in [-0.4, -0.2) is 5.33 Å². The van der Waals surface area contributed by atoms with Crippen molar-refractivity contribution in [2.75, 3.05) is 5.33 Å². The predicted octanol–water partition coefficient (Wildman–Crippen LogP) is 5.83. The Bertz CT molecular complexity index is 318. The molecule has 0 amide bonds. The monoisotopic (exact) mass is 360 g/mol. The molecule has 96 valence electrons. The third-order valence-electron chi connectivity index (χ3n) is 3.51. The van der Waals surface area contributed by atoms with E-state index in [-0.39, 0.29) is 0 Å². The van der Waals surface area contributed by atoms with Gasteiger partial charge in [-0.1, -0.05) is 76.7 Å². The molecule has 0 nitrogen and oxygen atoms in total. The lowest BCUT2D eigenvalue weighted by molar-refractivity contribution is 0.374. The summed E-state index contributed by atoms with van der Waals surface area (Å²) in [5.41, 5.74) is 1.43. The fourth-order valence-corrected chi connectivity index (χ4v) is 3.21. The van der Waals surface area contributed by atoms with Gasteiger partial charge in [0.05, 0.1) is 0 Å². The van der Waals surface area contributed by atoms with Gasteiger partial charge in [0.25, 0.3) is 0 Å². The normalized spacial score (nSPS) is 13.0. The maximum Gasteiger partial charge on any atom is 0.0207 e. The van der Waals surface area contributed by atoms with E-state index in [1.54, 1.807) is 0 Å². The Kier molecular flexibility index (Phi) is 7.45. The first kappa shape index (κ1) is 15.2. The Labute approximate surface area is 122 Å². The van der Waals surface area contributed by atoms with Crippen molar-refractivity contribution in [1.29, 1.82) is 0 Å². The summed E-state index contributed by atoms with van der Waals surface area (Å²) >= 11 is 7.31. The van der Waals surface area contributed by atoms with Gasteiger partial charge in [-0.25, -0.2) is 0 Å². The fourth-order valence-electron chi connectivity index (χ4n) is 2.27. The Hall–Kier alpha value is 0.180. The predicted molar refractivity (Wildman–Crippen MR) is 83.8 cm³/mol. The van der Waals surface area contributed by atoms with E-state index in [4.69, 9.17) is 0 Å². The third-order valence-corrected chi connectivity index (χ3v) is 5.20. The van der Waals surface area contributed by atoms with Gasteiger partial charge in [-0.05, 0) is 36.3 Å². The van der Waals surface area contributed by atoms with Crippen molar-refractivity contribution in [3.63, 3.8) is 0 Å². The SMILES string of the molecule is CCC(CC)CC(CBr)Cc1ccccc1Br. The number of rotatable bonds is 7. The maximum absolute atomic E-state index is 3.67. The molecule has 0 heterocycles. The number of benzene rings is 1. The molecule has 0 N–H and O–H groups in total. The second-order valence-corrected chi connectivity index (χ2v) is 6.24. The molecule has 1 rings (SSSR count). The molecule has 0 saturated carbocycles. The summed E-state index contributed by atoms with van der Waals surface area (Å²) in [4.78, 5) is 0.